The second-order valence-corrected chi connectivity index (χ2v) is 7.69. The third kappa shape index (κ3) is 2.38. The summed E-state index contributed by atoms with van der Waals surface area (Å²) >= 11 is 2.54. The van der Waals surface area contributed by atoms with Crippen LogP contribution in [0.3, 0.4) is 0 Å². The number of amides is 2. The fourth-order valence-corrected chi connectivity index (χ4v) is 4.07. The van der Waals surface area contributed by atoms with Crippen LogP contribution in [0, 0.1) is 6.92 Å². The molecule has 1 aromatic heterocycles. The highest BCUT2D eigenvalue weighted by atomic mass is 32.2. The summed E-state index contributed by atoms with van der Waals surface area (Å²) in [6.07, 6.45) is 0. The van der Waals surface area contributed by atoms with E-state index in [2.05, 4.69) is 15.5 Å². The van der Waals surface area contributed by atoms with Crippen LogP contribution in [-0.4, -0.2) is 33.8 Å². The van der Waals surface area contributed by atoms with E-state index in [-0.39, 0.29) is 11.8 Å². The maximum absolute atomic E-state index is 12.7. The Morgan fingerprint density at radius 1 is 1.32 bits per heavy atom. The molecule has 2 aromatic rings. The van der Waals surface area contributed by atoms with Crippen LogP contribution in [0.25, 0.3) is 0 Å². The van der Waals surface area contributed by atoms with Gasteiger partial charge in [-0.2, -0.15) is 0 Å². The third-order valence-electron chi connectivity index (χ3n) is 3.43. The van der Waals surface area contributed by atoms with E-state index in [0.717, 1.165) is 15.6 Å². The van der Waals surface area contributed by atoms with Gasteiger partial charge in [0.1, 0.15) is 5.01 Å². The molecule has 0 spiro atoms. The molecule has 0 bridgehead atoms. The molecule has 0 saturated carbocycles. The first-order chi connectivity index (χ1) is 10.4. The van der Waals surface area contributed by atoms with Crippen LogP contribution in [0.1, 0.15) is 11.9 Å². The molecule has 0 radical (unpaired) electrons. The summed E-state index contributed by atoms with van der Waals surface area (Å²) in [6.45, 7) is 3.44. The molecule has 0 fully saturated rings. The minimum Gasteiger partial charge on any atom is -0.313 e. The summed E-state index contributed by atoms with van der Waals surface area (Å²) in [4.78, 5) is 27.7. The number of hydrogen-bond donors (Lipinski definition) is 1. The molecular formula is C14H14N4O2S2. The summed E-state index contributed by atoms with van der Waals surface area (Å²) in [5.41, 5.74) is 0.814. The fourth-order valence-electron chi connectivity index (χ4n) is 2.22. The number of rotatable bonds is 2. The van der Waals surface area contributed by atoms with Gasteiger partial charge in [0.2, 0.25) is 5.13 Å². The van der Waals surface area contributed by atoms with Crippen LogP contribution in [0.15, 0.2) is 29.2 Å². The van der Waals surface area contributed by atoms with Crippen LogP contribution in [0.4, 0.5) is 10.8 Å². The Kier molecular flexibility index (Phi) is 3.65. The normalized spacial score (nSPS) is 20.7. The molecule has 114 valence electrons. The lowest BCUT2D eigenvalue weighted by Crippen LogP contribution is -2.53. The third-order valence-corrected chi connectivity index (χ3v) is 5.52. The molecule has 0 aliphatic carbocycles. The van der Waals surface area contributed by atoms with Crippen molar-refractivity contribution in [3.05, 3.63) is 29.3 Å². The molecule has 2 heterocycles. The van der Waals surface area contributed by atoms with Crippen molar-refractivity contribution in [1.29, 1.82) is 0 Å². The zero-order valence-corrected chi connectivity index (χ0v) is 13.9. The summed E-state index contributed by atoms with van der Waals surface area (Å²) in [6, 6.07) is 7.53. The van der Waals surface area contributed by atoms with Gasteiger partial charge in [-0.25, -0.2) is 0 Å². The van der Waals surface area contributed by atoms with Crippen molar-refractivity contribution >= 4 is 45.7 Å². The van der Waals surface area contributed by atoms with E-state index < -0.39 is 4.75 Å². The van der Waals surface area contributed by atoms with Crippen molar-refractivity contribution in [1.82, 2.24) is 10.2 Å². The van der Waals surface area contributed by atoms with Crippen molar-refractivity contribution in [3.8, 4) is 0 Å². The van der Waals surface area contributed by atoms with Crippen molar-refractivity contribution in [2.75, 3.05) is 17.3 Å². The molecule has 8 heteroatoms. The molecule has 1 aliphatic heterocycles. The fraction of sp³-hybridized carbons (Fsp3) is 0.286. The van der Waals surface area contributed by atoms with Gasteiger partial charge in [0, 0.05) is 11.9 Å². The number of anilines is 2. The van der Waals surface area contributed by atoms with Gasteiger partial charge >= 0.3 is 0 Å². The molecule has 1 unspecified atom stereocenters. The Balaban J connectivity index is 1.92. The predicted molar refractivity (Wildman–Crippen MR) is 87.4 cm³/mol. The number of carbonyl (C=O) groups excluding carboxylic acids is 2. The molecule has 1 atom stereocenters. The molecule has 3 rings (SSSR count). The van der Waals surface area contributed by atoms with E-state index >= 15 is 0 Å². The average Bonchev–Trinajstić information content (AvgIpc) is 2.90. The van der Waals surface area contributed by atoms with E-state index in [4.69, 9.17) is 0 Å². The number of benzene rings is 1. The van der Waals surface area contributed by atoms with E-state index in [1.54, 1.807) is 20.9 Å². The molecule has 1 aromatic carbocycles. The van der Waals surface area contributed by atoms with E-state index in [1.807, 2.05) is 24.3 Å². The molecule has 2 amide bonds. The minimum atomic E-state index is -1.23. The lowest BCUT2D eigenvalue weighted by Gasteiger charge is -2.36. The van der Waals surface area contributed by atoms with E-state index in [9.17, 15) is 9.59 Å². The summed E-state index contributed by atoms with van der Waals surface area (Å²) in [5, 5.41) is 11.6. The van der Waals surface area contributed by atoms with Crippen molar-refractivity contribution in [3.63, 3.8) is 0 Å². The Labute approximate surface area is 135 Å². The number of nitrogens with one attached hydrogen (secondary N) is 1. The standard InChI is InChI=1S/C14H14N4O2S2/c1-8-16-17-13(21-8)15-11(19)14(2)12(20)18(3)9-6-4-5-7-10(9)22-14/h4-7H,1-3H3,(H,15,17,19). The summed E-state index contributed by atoms with van der Waals surface area (Å²) < 4.78 is -1.23. The largest absolute Gasteiger partial charge is 0.313 e. The van der Waals surface area contributed by atoms with Gasteiger partial charge in [0.15, 0.2) is 4.75 Å². The maximum atomic E-state index is 12.7. The van der Waals surface area contributed by atoms with Gasteiger partial charge in [-0.1, -0.05) is 35.2 Å². The molecule has 1 aliphatic rings. The number of para-hydroxylation sites is 1. The van der Waals surface area contributed by atoms with Crippen molar-refractivity contribution in [2.24, 2.45) is 0 Å². The van der Waals surface area contributed by atoms with Crippen molar-refractivity contribution in [2.45, 2.75) is 23.5 Å². The number of thioether (sulfide) groups is 1. The number of fused-ring (bicyclic) bond motifs is 1. The highest BCUT2D eigenvalue weighted by molar-refractivity contribution is 8.02. The minimum absolute atomic E-state index is 0.255. The quantitative estimate of drug-likeness (QED) is 0.853. The number of aryl methyl sites for hydroxylation is 1. The number of nitrogens with zero attached hydrogens (tertiary/aromatic N) is 3. The predicted octanol–water partition coefficient (Wildman–Crippen LogP) is 2.31. The first-order valence-electron chi connectivity index (χ1n) is 6.59. The van der Waals surface area contributed by atoms with Crippen LogP contribution < -0.4 is 10.2 Å². The summed E-state index contributed by atoms with van der Waals surface area (Å²) in [5.74, 6) is -0.644. The van der Waals surface area contributed by atoms with Crippen molar-refractivity contribution < 1.29 is 9.59 Å². The van der Waals surface area contributed by atoms with E-state index in [0.29, 0.717) is 5.13 Å². The molecule has 0 saturated heterocycles. The van der Waals surface area contributed by atoms with Gasteiger partial charge in [-0.15, -0.1) is 10.2 Å². The number of hydrogen-bond acceptors (Lipinski definition) is 6. The lowest BCUT2D eigenvalue weighted by molar-refractivity contribution is -0.128. The number of carbonyl (C=O) groups is 2. The zero-order valence-electron chi connectivity index (χ0n) is 12.3. The van der Waals surface area contributed by atoms with Gasteiger partial charge < -0.3 is 4.90 Å². The smallest absolute Gasteiger partial charge is 0.252 e. The molecule has 22 heavy (non-hydrogen) atoms. The Hall–Kier alpha value is -1.93. The first-order valence-corrected chi connectivity index (χ1v) is 8.23. The second-order valence-electron chi connectivity index (χ2n) is 5.05. The van der Waals surface area contributed by atoms with E-state index in [1.165, 1.54) is 28.0 Å². The van der Waals surface area contributed by atoms with Crippen LogP contribution in [-0.2, 0) is 9.59 Å². The SMILES string of the molecule is Cc1nnc(NC(=O)C2(C)Sc3ccccc3N(C)C2=O)s1. The van der Waals surface area contributed by atoms with Gasteiger partial charge in [-0.05, 0) is 26.0 Å². The van der Waals surface area contributed by atoms with Crippen LogP contribution in [0.5, 0.6) is 0 Å². The lowest BCUT2D eigenvalue weighted by atomic mass is 10.1. The molecule has 6 nitrogen and oxygen atoms in total. The average molecular weight is 334 g/mol. The second kappa shape index (κ2) is 5.36. The Morgan fingerprint density at radius 2 is 2.05 bits per heavy atom. The highest BCUT2D eigenvalue weighted by Gasteiger charge is 2.48. The first kappa shape index (κ1) is 15.0. The van der Waals surface area contributed by atoms with Gasteiger partial charge in [0.25, 0.3) is 11.8 Å². The van der Waals surface area contributed by atoms with Crippen LogP contribution >= 0.6 is 23.1 Å². The number of aromatic nitrogens is 2. The maximum Gasteiger partial charge on any atom is 0.252 e. The monoisotopic (exact) mass is 334 g/mol. The van der Waals surface area contributed by atoms with Gasteiger partial charge in [-0.3, -0.25) is 14.9 Å². The van der Waals surface area contributed by atoms with Gasteiger partial charge in [0.05, 0.1) is 5.69 Å². The molecular weight excluding hydrogens is 320 g/mol. The molecule has 1 N–H and O–H groups in total. The zero-order chi connectivity index (χ0) is 15.9. The highest BCUT2D eigenvalue weighted by Crippen LogP contribution is 2.45. The summed E-state index contributed by atoms with van der Waals surface area (Å²) in [7, 11) is 1.68. The Morgan fingerprint density at radius 3 is 2.73 bits per heavy atom. The van der Waals surface area contributed by atoms with Crippen LogP contribution in [0.2, 0.25) is 0 Å². The topological polar surface area (TPSA) is 75.2 Å². The Bertz CT molecular complexity index is 761.